The number of hydrogen-bond acceptors (Lipinski definition) is 2. The normalized spacial score (nSPS) is 12.7. The molecular weight excluding hydrogens is 258 g/mol. The molecule has 108 valence electrons. The molecule has 0 unspecified atom stereocenters. The molecule has 0 radical (unpaired) electrons. The van der Waals surface area contributed by atoms with Crippen LogP contribution in [0.15, 0.2) is 52.9 Å². The molecule has 0 amide bonds. The lowest BCUT2D eigenvalue weighted by Crippen LogP contribution is -2.18. The molecule has 1 atom stereocenters. The van der Waals surface area contributed by atoms with E-state index in [-0.39, 0.29) is 0 Å². The highest BCUT2D eigenvalue weighted by molar-refractivity contribution is 5.82. The van der Waals surface area contributed by atoms with Crippen LogP contribution in [-0.4, -0.2) is 0 Å². The smallest absolute Gasteiger partial charge is 0.134 e. The van der Waals surface area contributed by atoms with Gasteiger partial charge in [0.05, 0.1) is 0 Å². The minimum atomic E-state index is 0.318. The van der Waals surface area contributed by atoms with Crippen LogP contribution in [0.2, 0.25) is 0 Å². The molecule has 1 N–H and O–H groups in total. The molecule has 3 rings (SSSR count). The van der Waals surface area contributed by atoms with Gasteiger partial charge >= 0.3 is 0 Å². The Bertz CT molecular complexity index is 757. The van der Waals surface area contributed by atoms with Gasteiger partial charge in [0.15, 0.2) is 0 Å². The Morgan fingerprint density at radius 2 is 1.86 bits per heavy atom. The fraction of sp³-hybridized carbons (Fsp3) is 0.263. The van der Waals surface area contributed by atoms with E-state index in [2.05, 4.69) is 55.6 Å². The van der Waals surface area contributed by atoms with Gasteiger partial charge in [0, 0.05) is 23.5 Å². The van der Waals surface area contributed by atoms with E-state index in [1.165, 1.54) is 22.1 Å². The zero-order chi connectivity index (χ0) is 14.8. The third-order valence-corrected chi connectivity index (χ3v) is 4.03. The molecule has 0 saturated heterocycles. The van der Waals surface area contributed by atoms with Crippen molar-refractivity contribution >= 4 is 11.0 Å². The van der Waals surface area contributed by atoms with Gasteiger partial charge in [-0.05, 0) is 32.4 Å². The molecule has 0 aliphatic carbocycles. The maximum absolute atomic E-state index is 5.82. The van der Waals surface area contributed by atoms with Gasteiger partial charge in [-0.1, -0.05) is 48.0 Å². The van der Waals surface area contributed by atoms with Crippen LogP contribution in [0.3, 0.4) is 0 Å². The van der Waals surface area contributed by atoms with Crippen molar-refractivity contribution in [2.24, 2.45) is 0 Å². The summed E-state index contributed by atoms with van der Waals surface area (Å²) in [6, 6.07) is 17.2. The largest absolute Gasteiger partial charge is 0.461 e. The number of nitrogens with one attached hydrogen (secondary N) is 1. The minimum Gasteiger partial charge on any atom is -0.461 e. The van der Waals surface area contributed by atoms with Gasteiger partial charge in [0.2, 0.25) is 0 Å². The van der Waals surface area contributed by atoms with E-state index in [9.17, 15) is 0 Å². The van der Waals surface area contributed by atoms with E-state index in [1.807, 2.05) is 19.1 Å². The van der Waals surface area contributed by atoms with Crippen LogP contribution >= 0.6 is 0 Å². The minimum absolute atomic E-state index is 0.318. The van der Waals surface area contributed by atoms with E-state index >= 15 is 0 Å². The summed E-state index contributed by atoms with van der Waals surface area (Å²) in [6.07, 6.45) is 0. The fourth-order valence-corrected chi connectivity index (χ4v) is 2.75. The van der Waals surface area contributed by atoms with Crippen molar-refractivity contribution in [3.8, 4) is 0 Å². The lowest BCUT2D eigenvalue weighted by atomic mass is 10.0. The summed E-state index contributed by atoms with van der Waals surface area (Å²) < 4.78 is 5.82. The number of aryl methyl sites for hydroxylation is 2. The Morgan fingerprint density at radius 3 is 2.67 bits per heavy atom. The van der Waals surface area contributed by atoms with Crippen LogP contribution in [0.25, 0.3) is 11.0 Å². The van der Waals surface area contributed by atoms with Crippen molar-refractivity contribution in [1.82, 2.24) is 5.32 Å². The van der Waals surface area contributed by atoms with Gasteiger partial charge in [0.25, 0.3) is 0 Å². The Labute approximate surface area is 125 Å². The van der Waals surface area contributed by atoms with Crippen molar-refractivity contribution in [3.05, 3.63) is 71.0 Å². The molecule has 2 nitrogen and oxygen atoms in total. The highest BCUT2D eigenvalue weighted by atomic mass is 16.3. The number of hydrogen-bond donors (Lipinski definition) is 1. The van der Waals surface area contributed by atoms with Crippen molar-refractivity contribution in [3.63, 3.8) is 0 Å². The highest BCUT2D eigenvalue weighted by Crippen LogP contribution is 2.25. The van der Waals surface area contributed by atoms with Crippen molar-refractivity contribution < 1.29 is 4.42 Å². The Hall–Kier alpha value is -2.06. The predicted octanol–water partition coefficient (Wildman–Crippen LogP) is 4.90. The number of furan rings is 1. The molecule has 2 heteroatoms. The lowest BCUT2D eigenvalue weighted by molar-refractivity contribution is 0.544. The molecule has 0 aliphatic rings. The summed E-state index contributed by atoms with van der Waals surface area (Å²) in [6.45, 7) is 7.18. The van der Waals surface area contributed by atoms with Crippen molar-refractivity contribution in [1.29, 1.82) is 0 Å². The van der Waals surface area contributed by atoms with Gasteiger partial charge in [-0.25, -0.2) is 0 Å². The molecule has 2 aromatic carbocycles. The first-order valence-electron chi connectivity index (χ1n) is 7.42. The summed E-state index contributed by atoms with van der Waals surface area (Å²) >= 11 is 0. The molecule has 0 aliphatic heterocycles. The Kier molecular flexibility index (Phi) is 3.80. The number of fused-ring (bicyclic) bond motifs is 1. The second-order valence-electron chi connectivity index (χ2n) is 5.65. The number of benzene rings is 2. The van der Waals surface area contributed by atoms with Gasteiger partial charge in [0.1, 0.15) is 11.3 Å². The Morgan fingerprint density at radius 1 is 1.05 bits per heavy atom. The summed E-state index contributed by atoms with van der Waals surface area (Å²) in [5, 5.41) is 4.81. The first kappa shape index (κ1) is 13.9. The quantitative estimate of drug-likeness (QED) is 0.734. The molecule has 3 aromatic rings. The maximum Gasteiger partial charge on any atom is 0.134 e. The summed E-state index contributed by atoms with van der Waals surface area (Å²) in [5.41, 5.74) is 4.84. The first-order chi connectivity index (χ1) is 10.1. The van der Waals surface area contributed by atoms with Crippen LogP contribution < -0.4 is 5.32 Å². The highest BCUT2D eigenvalue weighted by Gasteiger charge is 2.12. The second kappa shape index (κ2) is 5.74. The summed E-state index contributed by atoms with van der Waals surface area (Å²) in [4.78, 5) is 0. The summed E-state index contributed by atoms with van der Waals surface area (Å²) in [7, 11) is 0. The third-order valence-electron chi connectivity index (χ3n) is 4.03. The topological polar surface area (TPSA) is 25.2 Å². The lowest BCUT2D eigenvalue weighted by Gasteiger charge is -2.14. The summed E-state index contributed by atoms with van der Waals surface area (Å²) in [5.74, 6) is 1.00. The third kappa shape index (κ3) is 2.86. The van der Waals surface area contributed by atoms with E-state index in [0.29, 0.717) is 6.04 Å². The van der Waals surface area contributed by atoms with E-state index in [0.717, 1.165) is 17.9 Å². The van der Waals surface area contributed by atoms with Crippen LogP contribution in [-0.2, 0) is 6.54 Å². The molecule has 0 saturated carbocycles. The van der Waals surface area contributed by atoms with E-state index in [4.69, 9.17) is 4.42 Å². The van der Waals surface area contributed by atoms with Gasteiger partial charge < -0.3 is 9.73 Å². The standard InChI is InChI=1S/C19H21NO/c1-13-7-6-8-16(11-13)14(2)20-12-18-15(3)21-19-10-5-4-9-17(18)19/h4-11,14,20H,12H2,1-3H3/t14-/m0/s1. The van der Waals surface area contributed by atoms with Crippen LogP contribution in [0.1, 0.15) is 35.4 Å². The van der Waals surface area contributed by atoms with Gasteiger partial charge in [-0.3, -0.25) is 0 Å². The average molecular weight is 279 g/mol. The van der Waals surface area contributed by atoms with E-state index < -0.39 is 0 Å². The van der Waals surface area contributed by atoms with Crippen molar-refractivity contribution in [2.45, 2.75) is 33.4 Å². The predicted molar refractivity (Wildman–Crippen MR) is 87.4 cm³/mol. The molecule has 0 fully saturated rings. The Balaban J connectivity index is 1.79. The molecule has 21 heavy (non-hydrogen) atoms. The molecule has 1 heterocycles. The van der Waals surface area contributed by atoms with E-state index in [1.54, 1.807) is 0 Å². The molecular formula is C19H21NO. The number of rotatable bonds is 4. The van der Waals surface area contributed by atoms with Crippen LogP contribution in [0.4, 0.5) is 0 Å². The molecule has 1 aromatic heterocycles. The maximum atomic E-state index is 5.82. The molecule has 0 bridgehead atoms. The fourth-order valence-electron chi connectivity index (χ4n) is 2.75. The zero-order valence-corrected chi connectivity index (χ0v) is 12.8. The van der Waals surface area contributed by atoms with Crippen molar-refractivity contribution in [2.75, 3.05) is 0 Å². The average Bonchev–Trinajstić information content (AvgIpc) is 2.80. The molecule has 0 spiro atoms. The van der Waals surface area contributed by atoms with Gasteiger partial charge in [-0.2, -0.15) is 0 Å². The monoisotopic (exact) mass is 279 g/mol. The first-order valence-corrected chi connectivity index (χ1v) is 7.42. The van der Waals surface area contributed by atoms with Crippen LogP contribution in [0.5, 0.6) is 0 Å². The number of para-hydroxylation sites is 1. The van der Waals surface area contributed by atoms with Gasteiger partial charge in [-0.15, -0.1) is 0 Å². The SMILES string of the molecule is Cc1cccc([C@H](C)NCc2c(C)oc3ccccc23)c1. The van der Waals surface area contributed by atoms with Crippen LogP contribution in [0, 0.1) is 13.8 Å². The zero-order valence-electron chi connectivity index (χ0n) is 12.8. The second-order valence-corrected chi connectivity index (χ2v) is 5.65.